The number of hydrogen-bond acceptors (Lipinski definition) is 3. The smallest absolute Gasteiger partial charge is 0.138 e. The summed E-state index contributed by atoms with van der Waals surface area (Å²) in [5.74, 6) is 0. The van der Waals surface area contributed by atoms with Crippen molar-refractivity contribution in [2.24, 2.45) is 0 Å². The van der Waals surface area contributed by atoms with Gasteiger partial charge in [0.15, 0.2) is 0 Å². The van der Waals surface area contributed by atoms with Crippen LogP contribution in [-0.2, 0) is 6.54 Å². The van der Waals surface area contributed by atoms with Crippen molar-refractivity contribution in [3.8, 4) is 5.69 Å². The predicted octanol–water partition coefficient (Wildman–Crippen LogP) is 4.19. The Morgan fingerprint density at radius 1 is 1.00 bits per heavy atom. The molecule has 0 saturated heterocycles. The number of rotatable bonds is 4. The number of hydrogen-bond donors (Lipinski definition) is 1. The largest absolute Gasteiger partial charge is 0.379 e. The van der Waals surface area contributed by atoms with E-state index in [1.807, 2.05) is 42.5 Å². The summed E-state index contributed by atoms with van der Waals surface area (Å²) in [5.41, 5.74) is 2.71. The van der Waals surface area contributed by atoms with Gasteiger partial charge in [-0.05, 0) is 24.3 Å². The minimum absolute atomic E-state index is 0.532. The third-order valence-electron chi connectivity index (χ3n) is 3.09. The van der Waals surface area contributed by atoms with E-state index in [0.717, 1.165) is 16.9 Å². The average Bonchev–Trinajstić information content (AvgIpc) is 3.01. The summed E-state index contributed by atoms with van der Waals surface area (Å²) in [4.78, 5) is 3.97. The maximum atomic E-state index is 6.18. The first-order valence-corrected chi connectivity index (χ1v) is 7.12. The van der Waals surface area contributed by atoms with Crippen LogP contribution >= 0.6 is 23.2 Å². The van der Waals surface area contributed by atoms with Crippen LogP contribution in [0.15, 0.2) is 55.1 Å². The van der Waals surface area contributed by atoms with Crippen LogP contribution in [0.4, 0.5) is 5.69 Å². The summed E-state index contributed by atoms with van der Waals surface area (Å²) in [5, 5.41) is 8.79. The van der Waals surface area contributed by atoms with Gasteiger partial charge in [-0.15, -0.1) is 0 Å². The summed E-state index contributed by atoms with van der Waals surface area (Å²) >= 11 is 12.4. The molecular weight excluding hydrogens is 307 g/mol. The van der Waals surface area contributed by atoms with Crippen LogP contribution in [0.5, 0.6) is 0 Å². The minimum atomic E-state index is 0.532. The van der Waals surface area contributed by atoms with Crippen LogP contribution in [-0.4, -0.2) is 14.8 Å². The van der Waals surface area contributed by atoms with Gasteiger partial charge in [0.05, 0.1) is 11.4 Å². The van der Waals surface area contributed by atoms with Crippen LogP contribution in [0.3, 0.4) is 0 Å². The molecule has 21 heavy (non-hydrogen) atoms. The number of nitrogens with zero attached hydrogens (tertiary/aromatic N) is 3. The quantitative estimate of drug-likeness (QED) is 0.784. The molecule has 0 aliphatic rings. The lowest BCUT2D eigenvalue weighted by Gasteiger charge is -2.13. The number of para-hydroxylation sites is 2. The Kier molecular flexibility index (Phi) is 4.08. The van der Waals surface area contributed by atoms with E-state index < -0.39 is 0 Å². The van der Waals surface area contributed by atoms with Crippen molar-refractivity contribution >= 4 is 28.9 Å². The van der Waals surface area contributed by atoms with Crippen molar-refractivity contribution in [2.45, 2.75) is 6.54 Å². The van der Waals surface area contributed by atoms with E-state index in [2.05, 4.69) is 15.4 Å². The fourth-order valence-electron chi connectivity index (χ4n) is 2.04. The molecule has 1 heterocycles. The molecule has 1 N–H and O–H groups in total. The molecule has 1 aromatic heterocycles. The highest BCUT2D eigenvalue weighted by atomic mass is 35.5. The van der Waals surface area contributed by atoms with Crippen molar-refractivity contribution in [3.63, 3.8) is 0 Å². The van der Waals surface area contributed by atoms with E-state index >= 15 is 0 Å². The van der Waals surface area contributed by atoms with Crippen molar-refractivity contribution in [2.75, 3.05) is 5.32 Å². The number of benzene rings is 2. The van der Waals surface area contributed by atoms with E-state index in [1.54, 1.807) is 11.0 Å². The maximum Gasteiger partial charge on any atom is 0.138 e. The summed E-state index contributed by atoms with van der Waals surface area (Å²) in [7, 11) is 0. The first kappa shape index (κ1) is 13.9. The fraction of sp³-hybridized carbons (Fsp3) is 0.0667. The van der Waals surface area contributed by atoms with Crippen molar-refractivity contribution in [1.82, 2.24) is 14.8 Å². The van der Waals surface area contributed by atoms with Gasteiger partial charge in [0.25, 0.3) is 0 Å². The van der Waals surface area contributed by atoms with E-state index in [0.29, 0.717) is 16.6 Å². The molecular formula is C15H12Cl2N4. The third kappa shape index (κ3) is 3.01. The van der Waals surface area contributed by atoms with Crippen LogP contribution in [0.2, 0.25) is 10.0 Å². The van der Waals surface area contributed by atoms with Crippen LogP contribution < -0.4 is 5.32 Å². The Labute approximate surface area is 132 Å². The average molecular weight is 319 g/mol. The molecule has 0 saturated carbocycles. The Bertz CT molecular complexity index is 721. The Morgan fingerprint density at radius 3 is 2.48 bits per heavy atom. The molecule has 0 spiro atoms. The molecule has 3 aromatic rings. The van der Waals surface area contributed by atoms with Gasteiger partial charge in [-0.1, -0.05) is 41.4 Å². The van der Waals surface area contributed by atoms with E-state index in [-0.39, 0.29) is 0 Å². The lowest BCUT2D eigenvalue weighted by Crippen LogP contribution is -2.05. The summed E-state index contributed by atoms with van der Waals surface area (Å²) in [6.07, 6.45) is 3.16. The highest BCUT2D eigenvalue weighted by molar-refractivity contribution is 6.36. The summed E-state index contributed by atoms with van der Waals surface area (Å²) in [6.45, 7) is 0.532. The number of nitrogens with one attached hydrogen (secondary N) is 1. The van der Waals surface area contributed by atoms with Crippen molar-refractivity contribution in [3.05, 3.63) is 70.7 Å². The van der Waals surface area contributed by atoms with Crippen LogP contribution in [0.1, 0.15) is 5.56 Å². The molecule has 0 aliphatic carbocycles. The summed E-state index contributed by atoms with van der Waals surface area (Å²) < 4.78 is 1.70. The third-order valence-corrected chi connectivity index (χ3v) is 3.80. The molecule has 0 bridgehead atoms. The van der Waals surface area contributed by atoms with E-state index in [4.69, 9.17) is 23.2 Å². The molecule has 106 valence electrons. The molecule has 0 amide bonds. The second-order valence-corrected chi connectivity index (χ2v) is 5.23. The molecule has 3 rings (SSSR count). The zero-order valence-corrected chi connectivity index (χ0v) is 12.5. The van der Waals surface area contributed by atoms with Crippen molar-refractivity contribution in [1.29, 1.82) is 0 Å². The topological polar surface area (TPSA) is 42.7 Å². The van der Waals surface area contributed by atoms with Crippen LogP contribution in [0, 0.1) is 0 Å². The lowest BCUT2D eigenvalue weighted by atomic mass is 10.2. The highest BCUT2D eigenvalue weighted by Gasteiger charge is 2.08. The fourth-order valence-corrected chi connectivity index (χ4v) is 2.57. The zero-order valence-electron chi connectivity index (χ0n) is 11.0. The molecule has 0 fully saturated rings. The number of halogens is 2. The molecule has 0 radical (unpaired) electrons. The Balaban J connectivity index is 1.86. The Hall–Kier alpha value is -2.04. The molecule has 6 heteroatoms. The van der Waals surface area contributed by atoms with Gasteiger partial charge in [0.1, 0.15) is 12.7 Å². The second-order valence-electron chi connectivity index (χ2n) is 4.41. The minimum Gasteiger partial charge on any atom is -0.379 e. The van der Waals surface area contributed by atoms with Gasteiger partial charge >= 0.3 is 0 Å². The molecule has 0 aliphatic heterocycles. The summed E-state index contributed by atoms with van der Waals surface area (Å²) in [6, 6.07) is 13.3. The van der Waals surface area contributed by atoms with Gasteiger partial charge in [-0.3, -0.25) is 0 Å². The van der Waals surface area contributed by atoms with Gasteiger partial charge in [0, 0.05) is 22.2 Å². The first-order valence-electron chi connectivity index (χ1n) is 6.36. The molecule has 0 atom stereocenters. The second kappa shape index (κ2) is 6.16. The standard InChI is InChI=1S/C15H12Cl2N4/c16-12-4-3-5-13(17)11(12)8-19-14-6-1-2-7-15(14)21-10-18-9-20-21/h1-7,9-10,19H,8H2. The molecule has 0 unspecified atom stereocenters. The number of anilines is 1. The van der Waals surface area contributed by atoms with Gasteiger partial charge in [-0.25, -0.2) is 9.67 Å². The zero-order chi connectivity index (χ0) is 14.7. The predicted molar refractivity (Wildman–Crippen MR) is 85.1 cm³/mol. The number of aromatic nitrogens is 3. The van der Waals surface area contributed by atoms with Gasteiger partial charge < -0.3 is 5.32 Å². The Morgan fingerprint density at radius 2 is 1.76 bits per heavy atom. The van der Waals surface area contributed by atoms with Crippen LogP contribution in [0.25, 0.3) is 5.69 Å². The molecule has 4 nitrogen and oxygen atoms in total. The van der Waals surface area contributed by atoms with Gasteiger partial charge in [0.2, 0.25) is 0 Å². The molecule has 2 aromatic carbocycles. The highest BCUT2D eigenvalue weighted by Crippen LogP contribution is 2.26. The van der Waals surface area contributed by atoms with E-state index in [1.165, 1.54) is 6.33 Å². The lowest BCUT2D eigenvalue weighted by molar-refractivity contribution is 0.878. The SMILES string of the molecule is Clc1cccc(Cl)c1CNc1ccccc1-n1cncn1. The first-order chi connectivity index (χ1) is 10.3. The monoisotopic (exact) mass is 318 g/mol. The maximum absolute atomic E-state index is 6.18. The van der Waals surface area contributed by atoms with Crippen molar-refractivity contribution < 1.29 is 0 Å². The van der Waals surface area contributed by atoms with Gasteiger partial charge in [-0.2, -0.15) is 5.10 Å². The normalized spacial score (nSPS) is 10.6. The van der Waals surface area contributed by atoms with E-state index in [9.17, 15) is 0 Å².